The Labute approximate surface area is 242 Å². The average Bonchev–Trinajstić information content (AvgIpc) is 3.01. The monoisotopic (exact) mass is 557 g/mol. The lowest BCUT2D eigenvalue weighted by molar-refractivity contribution is 0.0254. The zero-order valence-corrected chi connectivity index (χ0v) is 24.1. The van der Waals surface area contributed by atoms with Crippen molar-refractivity contribution in [1.29, 1.82) is 5.26 Å². The van der Waals surface area contributed by atoms with Crippen molar-refractivity contribution in [3.8, 4) is 34.6 Å². The minimum Gasteiger partial charge on any atom is -0.493 e. The molecule has 5 rings (SSSR count). The third-order valence-corrected chi connectivity index (χ3v) is 7.63. The lowest BCUT2D eigenvalue weighted by Gasteiger charge is -2.32. The molecule has 2 aliphatic rings. The fourth-order valence-electron chi connectivity index (χ4n) is 5.16. The van der Waals surface area contributed by atoms with Gasteiger partial charge >= 0.3 is 0 Å². The maximum Gasteiger partial charge on any atom is 0.161 e. The van der Waals surface area contributed by atoms with Crippen molar-refractivity contribution >= 4 is 0 Å². The van der Waals surface area contributed by atoms with Crippen LogP contribution in [0.3, 0.4) is 0 Å². The SMILES string of the molecule is COc1cc(Cc2nccc(-c3ccc(OC4CCOCC4)c(C#N)c3)n2)ccc1OCCCN1CCN(C)CC1. The van der Waals surface area contributed by atoms with E-state index in [2.05, 4.69) is 27.9 Å². The number of hydrogen-bond donors (Lipinski definition) is 0. The van der Waals surface area contributed by atoms with Crippen LogP contribution in [0.5, 0.6) is 17.2 Å². The van der Waals surface area contributed by atoms with Gasteiger partial charge in [-0.3, -0.25) is 0 Å². The van der Waals surface area contributed by atoms with E-state index in [0.717, 1.165) is 74.6 Å². The summed E-state index contributed by atoms with van der Waals surface area (Å²) in [6, 6.07) is 15.8. The van der Waals surface area contributed by atoms with Crippen LogP contribution in [0.2, 0.25) is 0 Å². The van der Waals surface area contributed by atoms with Gasteiger partial charge in [-0.15, -0.1) is 0 Å². The molecule has 0 spiro atoms. The number of piperazine rings is 1. The van der Waals surface area contributed by atoms with Gasteiger partial charge < -0.3 is 28.7 Å². The molecule has 0 bridgehead atoms. The zero-order valence-electron chi connectivity index (χ0n) is 24.1. The second-order valence-electron chi connectivity index (χ2n) is 10.6. The van der Waals surface area contributed by atoms with Crippen LogP contribution in [0.4, 0.5) is 0 Å². The van der Waals surface area contributed by atoms with Gasteiger partial charge in [-0.25, -0.2) is 9.97 Å². The van der Waals surface area contributed by atoms with Crippen molar-refractivity contribution in [1.82, 2.24) is 19.8 Å². The molecule has 0 unspecified atom stereocenters. The second kappa shape index (κ2) is 14.3. The van der Waals surface area contributed by atoms with Gasteiger partial charge in [-0.05, 0) is 55.4 Å². The summed E-state index contributed by atoms with van der Waals surface area (Å²) in [5, 5.41) is 9.76. The summed E-state index contributed by atoms with van der Waals surface area (Å²) in [4.78, 5) is 14.1. The molecule has 3 heterocycles. The summed E-state index contributed by atoms with van der Waals surface area (Å²) in [6.45, 7) is 7.56. The van der Waals surface area contributed by atoms with Crippen molar-refractivity contribution in [3.63, 3.8) is 0 Å². The van der Waals surface area contributed by atoms with Gasteiger partial charge in [-0.1, -0.05) is 6.07 Å². The molecule has 0 saturated carbocycles. The Morgan fingerprint density at radius 1 is 1.00 bits per heavy atom. The average molecular weight is 558 g/mol. The fraction of sp³-hybridized carbons (Fsp3) is 0.469. The summed E-state index contributed by atoms with van der Waals surface area (Å²) >= 11 is 0. The maximum absolute atomic E-state index is 9.76. The summed E-state index contributed by atoms with van der Waals surface area (Å²) in [5.41, 5.74) is 3.14. The van der Waals surface area contributed by atoms with Crippen LogP contribution in [0.1, 0.15) is 36.2 Å². The quantitative estimate of drug-likeness (QED) is 0.322. The van der Waals surface area contributed by atoms with E-state index in [0.29, 0.717) is 49.1 Å². The number of rotatable bonds is 11. The van der Waals surface area contributed by atoms with E-state index < -0.39 is 0 Å². The predicted octanol–water partition coefficient (Wildman–Crippen LogP) is 4.19. The first-order valence-electron chi connectivity index (χ1n) is 14.4. The van der Waals surface area contributed by atoms with Gasteiger partial charge in [0.1, 0.15) is 23.7 Å². The third-order valence-electron chi connectivity index (χ3n) is 7.63. The number of nitriles is 1. The maximum atomic E-state index is 9.76. The number of aromatic nitrogens is 2. The molecule has 0 atom stereocenters. The predicted molar refractivity (Wildman–Crippen MR) is 157 cm³/mol. The second-order valence-corrected chi connectivity index (χ2v) is 10.6. The minimum absolute atomic E-state index is 0.0724. The van der Waals surface area contributed by atoms with Crippen LogP contribution in [-0.4, -0.2) is 92.6 Å². The van der Waals surface area contributed by atoms with E-state index in [1.807, 2.05) is 42.5 Å². The van der Waals surface area contributed by atoms with Gasteiger partial charge in [0.25, 0.3) is 0 Å². The Kier molecular flexibility index (Phi) is 10.0. The van der Waals surface area contributed by atoms with Crippen molar-refractivity contribution in [2.45, 2.75) is 31.8 Å². The van der Waals surface area contributed by atoms with E-state index in [9.17, 15) is 5.26 Å². The van der Waals surface area contributed by atoms with Crippen molar-refractivity contribution < 1.29 is 18.9 Å². The molecule has 9 heteroatoms. The first-order chi connectivity index (χ1) is 20.1. The third kappa shape index (κ3) is 7.94. The number of hydrogen-bond acceptors (Lipinski definition) is 9. The van der Waals surface area contributed by atoms with Crippen LogP contribution < -0.4 is 14.2 Å². The van der Waals surface area contributed by atoms with E-state index >= 15 is 0 Å². The summed E-state index contributed by atoms with van der Waals surface area (Å²) in [5.74, 6) is 2.74. The molecular weight excluding hydrogens is 518 g/mol. The molecule has 0 radical (unpaired) electrons. The molecule has 3 aromatic rings. The van der Waals surface area contributed by atoms with Crippen LogP contribution in [-0.2, 0) is 11.2 Å². The van der Waals surface area contributed by atoms with Crippen LogP contribution in [0.25, 0.3) is 11.3 Å². The van der Waals surface area contributed by atoms with Gasteiger partial charge in [0, 0.05) is 63.7 Å². The Morgan fingerprint density at radius 3 is 2.59 bits per heavy atom. The highest BCUT2D eigenvalue weighted by atomic mass is 16.5. The zero-order chi connectivity index (χ0) is 28.4. The largest absolute Gasteiger partial charge is 0.493 e. The van der Waals surface area contributed by atoms with Gasteiger partial charge in [-0.2, -0.15) is 5.26 Å². The molecule has 2 saturated heterocycles. The Morgan fingerprint density at radius 2 is 1.80 bits per heavy atom. The Balaban J connectivity index is 1.19. The number of methoxy groups -OCH3 is 1. The molecule has 216 valence electrons. The Hall–Kier alpha value is -3.71. The molecule has 2 fully saturated rings. The van der Waals surface area contributed by atoms with Crippen LogP contribution in [0, 0.1) is 11.3 Å². The van der Waals surface area contributed by atoms with E-state index in [-0.39, 0.29) is 6.10 Å². The number of benzene rings is 2. The van der Waals surface area contributed by atoms with Gasteiger partial charge in [0.05, 0.1) is 38.2 Å². The van der Waals surface area contributed by atoms with Gasteiger partial charge in [0.15, 0.2) is 11.5 Å². The van der Waals surface area contributed by atoms with Gasteiger partial charge in [0.2, 0.25) is 0 Å². The summed E-state index contributed by atoms with van der Waals surface area (Å²) in [7, 11) is 3.84. The fourth-order valence-corrected chi connectivity index (χ4v) is 5.16. The highest BCUT2D eigenvalue weighted by Crippen LogP contribution is 2.30. The van der Waals surface area contributed by atoms with E-state index in [4.69, 9.17) is 23.9 Å². The molecule has 41 heavy (non-hydrogen) atoms. The highest BCUT2D eigenvalue weighted by molar-refractivity contribution is 5.64. The number of likely N-dealkylation sites (N-methyl/N-ethyl adjacent to an activating group) is 1. The topological polar surface area (TPSA) is 93.0 Å². The van der Waals surface area contributed by atoms with Crippen LogP contribution in [0.15, 0.2) is 48.7 Å². The van der Waals surface area contributed by atoms with Crippen molar-refractivity contribution in [3.05, 3.63) is 65.6 Å². The molecule has 1 aromatic heterocycles. The minimum atomic E-state index is 0.0724. The van der Waals surface area contributed by atoms with Crippen molar-refractivity contribution in [2.24, 2.45) is 0 Å². The summed E-state index contributed by atoms with van der Waals surface area (Å²) in [6.07, 6.45) is 5.01. The molecule has 0 N–H and O–H groups in total. The normalized spacial score (nSPS) is 16.7. The molecule has 2 aliphatic heterocycles. The summed E-state index contributed by atoms with van der Waals surface area (Å²) < 4.78 is 23.2. The van der Waals surface area contributed by atoms with Crippen molar-refractivity contribution in [2.75, 3.05) is 66.7 Å². The number of ether oxygens (including phenoxy) is 4. The molecule has 2 aromatic carbocycles. The highest BCUT2D eigenvalue weighted by Gasteiger charge is 2.18. The molecule has 0 aliphatic carbocycles. The van der Waals surface area contributed by atoms with Crippen LogP contribution >= 0.6 is 0 Å². The van der Waals surface area contributed by atoms with E-state index in [1.165, 1.54) is 0 Å². The molecule has 0 amide bonds. The molecule has 9 nitrogen and oxygen atoms in total. The first kappa shape index (κ1) is 28.8. The lowest BCUT2D eigenvalue weighted by Crippen LogP contribution is -2.44. The number of nitrogens with zero attached hydrogens (tertiary/aromatic N) is 5. The molecular formula is C32H39N5O4. The lowest BCUT2D eigenvalue weighted by atomic mass is 10.1. The smallest absolute Gasteiger partial charge is 0.161 e. The Bertz CT molecular complexity index is 1330. The standard InChI is InChI=1S/C32H39N5O4/c1-36-13-15-37(16-14-36)12-3-17-40-30-6-4-24(20-31(30)38-2)21-32-34-11-8-28(35-32)25-5-7-29(26(22-25)23-33)41-27-9-18-39-19-10-27/h4-8,11,20,22,27H,3,9-10,12-19,21H2,1-2H3. The first-order valence-corrected chi connectivity index (χ1v) is 14.4. The van der Waals surface area contributed by atoms with E-state index in [1.54, 1.807) is 13.3 Å².